The van der Waals surface area contributed by atoms with Crippen LogP contribution < -0.4 is 10.6 Å². The van der Waals surface area contributed by atoms with Gasteiger partial charge in [0.25, 0.3) is 5.91 Å². The van der Waals surface area contributed by atoms with Crippen molar-refractivity contribution in [1.82, 2.24) is 20.3 Å². The Balaban J connectivity index is 1.62. The van der Waals surface area contributed by atoms with E-state index in [-0.39, 0.29) is 18.4 Å². The molecule has 3 aromatic rings. The van der Waals surface area contributed by atoms with Crippen molar-refractivity contribution < 1.29 is 9.59 Å². The molecule has 0 spiro atoms. The molecule has 3 rings (SSSR count). The van der Waals surface area contributed by atoms with Crippen molar-refractivity contribution in [3.05, 3.63) is 57.8 Å². The van der Waals surface area contributed by atoms with Gasteiger partial charge < -0.3 is 10.6 Å². The van der Waals surface area contributed by atoms with Crippen molar-refractivity contribution in [3.8, 4) is 10.8 Å². The molecular formula is C18H16ClN5O2S. The molecule has 2 heterocycles. The van der Waals surface area contributed by atoms with Gasteiger partial charge in [-0.3, -0.25) is 9.59 Å². The minimum atomic E-state index is -0.377. The standard InChI is InChI=1S/C18H16ClN5O2S/c1-10-4-5-13(12(19)8-10)24-14(25)9-22-17(26)15-11(2)23-18(27-15)16-20-6-3-7-21-16/h3-8H,9H2,1-2H3,(H,22,26)(H,24,25). The number of rotatable bonds is 5. The van der Waals surface area contributed by atoms with Crippen LogP contribution in [-0.4, -0.2) is 33.3 Å². The van der Waals surface area contributed by atoms with Crippen molar-refractivity contribution >= 4 is 40.4 Å². The lowest BCUT2D eigenvalue weighted by molar-refractivity contribution is -0.115. The lowest BCUT2D eigenvalue weighted by atomic mass is 10.2. The Hall–Kier alpha value is -2.84. The summed E-state index contributed by atoms with van der Waals surface area (Å²) >= 11 is 7.27. The molecule has 2 amide bonds. The van der Waals surface area contributed by atoms with E-state index < -0.39 is 0 Å². The summed E-state index contributed by atoms with van der Waals surface area (Å²) in [4.78, 5) is 37.5. The fraction of sp³-hybridized carbons (Fsp3) is 0.167. The number of hydrogen-bond acceptors (Lipinski definition) is 6. The molecule has 2 N–H and O–H groups in total. The van der Waals surface area contributed by atoms with E-state index in [0.29, 0.717) is 32.1 Å². The number of anilines is 1. The Morgan fingerprint density at radius 2 is 1.93 bits per heavy atom. The third-order valence-corrected chi connectivity index (χ3v) is 5.03. The van der Waals surface area contributed by atoms with Crippen LogP contribution in [0.3, 0.4) is 0 Å². The average Bonchev–Trinajstić information content (AvgIpc) is 3.05. The fourth-order valence-corrected chi connectivity index (χ4v) is 3.48. The third-order valence-electron chi connectivity index (χ3n) is 3.57. The van der Waals surface area contributed by atoms with Gasteiger partial charge >= 0.3 is 0 Å². The highest BCUT2D eigenvalue weighted by Crippen LogP contribution is 2.25. The van der Waals surface area contributed by atoms with Crippen LogP contribution >= 0.6 is 22.9 Å². The first-order chi connectivity index (χ1) is 12.9. The number of aryl methyl sites for hydroxylation is 2. The van der Waals surface area contributed by atoms with Crippen molar-refractivity contribution in [2.45, 2.75) is 13.8 Å². The number of carbonyl (C=O) groups excluding carboxylic acids is 2. The van der Waals surface area contributed by atoms with Gasteiger partial charge in [-0.15, -0.1) is 11.3 Å². The van der Waals surface area contributed by atoms with Crippen LogP contribution in [0.25, 0.3) is 10.8 Å². The minimum absolute atomic E-state index is 0.183. The van der Waals surface area contributed by atoms with E-state index in [9.17, 15) is 9.59 Å². The molecule has 1 aromatic carbocycles. The summed E-state index contributed by atoms with van der Waals surface area (Å²) in [5.41, 5.74) is 2.05. The summed E-state index contributed by atoms with van der Waals surface area (Å²) < 4.78 is 0. The summed E-state index contributed by atoms with van der Waals surface area (Å²) in [7, 11) is 0. The third kappa shape index (κ3) is 4.66. The number of aromatic nitrogens is 3. The molecule has 0 fully saturated rings. The summed E-state index contributed by atoms with van der Waals surface area (Å²) in [6.45, 7) is 3.45. The number of benzene rings is 1. The average molecular weight is 402 g/mol. The maximum Gasteiger partial charge on any atom is 0.263 e. The molecule has 0 aliphatic rings. The molecule has 0 radical (unpaired) electrons. The largest absolute Gasteiger partial charge is 0.342 e. The SMILES string of the molecule is Cc1ccc(NC(=O)CNC(=O)c2sc(-c3ncccn3)nc2C)c(Cl)c1. The van der Waals surface area contributed by atoms with Crippen LogP contribution in [0.2, 0.25) is 5.02 Å². The van der Waals surface area contributed by atoms with Crippen molar-refractivity contribution in [2.75, 3.05) is 11.9 Å². The van der Waals surface area contributed by atoms with Crippen LogP contribution in [0, 0.1) is 13.8 Å². The molecule has 7 nitrogen and oxygen atoms in total. The molecule has 0 atom stereocenters. The number of amides is 2. The zero-order valence-electron chi connectivity index (χ0n) is 14.6. The Bertz CT molecular complexity index is 991. The first-order valence-electron chi connectivity index (χ1n) is 8.03. The molecule has 0 unspecified atom stereocenters. The number of halogens is 1. The Kier molecular flexibility index (Phi) is 5.78. The molecule has 0 saturated heterocycles. The topological polar surface area (TPSA) is 96.9 Å². The molecular weight excluding hydrogens is 386 g/mol. The predicted octanol–water partition coefficient (Wildman–Crippen LogP) is 3.24. The van der Waals surface area contributed by atoms with Gasteiger partial charge in [-0.05, 0) is 37.6 Å². The number of nitrogens with zero attached hydrogens (tertiary/aromatic N) is 3. The first kappa shape index (κ1) is 18.9. The highest BCUT2D eigenvalue weighted by atomic mass is 35.5. The molecule has 9 heteroatoms. The second kappa shape index (κ2) is 8.24. The highest BCUT2D eigenvalue weighted by Gasteiger charge is 2.18. The van der Waals surface area contributed by atoms with Gasteiger partial charge in [-0.1, -0.05) is 17.7 Å². The second-order valence-corrected chi connectivity index (χ2v) is 7.13. The number of thiazole rings is 1. The summed E-state index contributed by atoms with van der Waals surface area (Å²) in [5, 5.41) is 6.26. The van der Waals surface area contributed by atoms with Crippen LogP contribution in [0.4, 0.5) is 5.69 Å². The molecule has 138 valence electrons. The van der Waals surface area contributed by atoms with Crippen LogP contribution in [0.15, 0.2) is 36.7 Å². The van der Waals surface area contributed by atoms with Crippen molar-refractivity contribution in [1.29, 1.82) is 0 Å². The summed E-state index contributed by atoms with van der Waals surface area (Å²) in [5.74, 6) is -0.295. The van der Waals surface area contributed by atoms with Gasteiger partial charge in [0.1, 0.15) is 4.88 Å². The lowest BCUT2D eigenvalue weighted by Gasteiger charge is -2.08. The van der Waals surface area contributed by atoms with E-state index in [2.05, 4.69) is 25.6 Å². The van der Waals surface area contributed by atoms with Gasteiger partial charge in [0.05, 0.1) is 22.9 Å². The zero-order chi connectivity index (χ0) is 19.4. The van der Waals surface area contributed by atoms with E-state index >= 15 is 0 Å². The van der Waals surface area contributed by atoms with Gasteiger partial charge in [-0.25, -0.2) is 15.0 Å². The summed E-state index contributed by atoms with van der Waals surface area (Å²) in [6.07, 6.45) is 3.22. The Labute approximate surface area is 164 Å². The molecule has 0 aliphatic carbocycles. The highest BCUT2D eigenvalue weighted by molar-refractivity contribution is 7.17. The quantitative estimate of drug-likeness (QED) is 0.684. The minimum Gasteiger partial charge on any atom is -0.342 e. The Morgan fingerprint density at radius 1 is 1.19 bits per heavy atom. The lowest BCUT2D eigenvalue weighted by Crippen LogP contribution is -2.32. The normalized spacial score (nSPS) is 10.5. The van der Waals surface area contributed by atoms with E-state index in [1.807, 2.05) is 13.0 Å². The molecule has 0 saturated carbocycles. The van der Waals surface area contributed by atoms with Gasteiger partial charge in [0.15, 0.2) is 10.8 Å². The van der Waals surface area contributed by atoms with Crippen molar-refractivity contribution in [3.63, 3.8) is 0 Å². The smallest absolute Gasteiger partial charge is 0.263 e. The molecule has 0 bridgehead atoms. The van der Waals surface area contributed by atoms with Gasteiger partial charge in [0, 0.05) is 12.4 Å². The number of nitrogens with one attached hydrogen (secondary N) is 2. The predicted molar refractivity (Wildman–Crippen MR) is 105 cm³/mol. The molecule has 0 aliphatic heterocycles. The maximum absolute atomic E-state index is 12.4. The fourth-order valence-electron chi connectivity index (χ4n) is 2.27. The molecule has 27 heavy (non-hydrogen) atoms. The van der Waals surface area contributed by atoms with Crippen molar-refractivity contribution in [2.24, 2.45) is 0 Å². The van der Waals surface area contributed by atoms with Crippen LogP contribution in [0.1, 0.15) is 20.9 Å². The van der Waals surface area contributed by atoms with Gasteiger partial charge in [-0.2, -0.15) is 0 Å². The summed E-state index contributed by atoms with van der Waals surface area (Å²) in [6, 6.07) is 7.02. The van der Waals surface area contributed by atoms with Gasteiger partial charge in [0.2, 0.25) is 5.91 Å². The zero-order valence-corrected chi connectivity index (χ0v) is 16.2. The van der Waals surface area contributed by atoms with E-state index in [1.54, 1.807) is 37.5 Å². The van der Waals surface area contributed by atoms with E-state index in [1.165, 1.54) is 11.3 Å². The monoisotopic (exact) mass is 401 g/mol. The van der Waals surface area contributed by atoms with Crippen LogP contribution in [-0.2, 0) is 4.79 Å². The molecule has 2 aromatic heterocycles. The van der Waals surface area contributed by atoms with E-state index in [4.69, 9.17) is 11.6 Å². The maximum atomic E-state index is 12.4. The Morgan fingerprint density at radius 3 is 2.63 bits per heavy atom. The van der Waals surface area contributed by atoms with E-state index in [0.717, 1.165) is 5.56 Å². The van der Waals surface area contributed by atoms with Crippen LogP contribution in [0.5, 0.6) is 0 Å². The first-order valence-corrected chi connectivity index (χ1v) is 9.22. The number of hydrogen-bond donors (Lipinski definition) is 2. The second-order valence-electron chi connectivity index (χ2n) is 5.72. The number of carbonyl (C=O) groups is 2.